The van der Waals surface area contributed by atoms with Crippen LogP contribution >= 0.6 is 23.5 Å². The van der Waals surface area contributed by atoms with Gasteiger partial charge >= 0.3 is 0 Å². The van der Waals surface area contributed by atoms with Crippen LogP contribution < -0.4 is 5.73 Å². The van der Waals surface area contributed by atoms with Crippen LogP contribution in [-0.2, 0) is 0 Å². The summed E-state index contributed by atoms with van der Waals surface area (Å²) in [5.41, 5.74) is 6.51. The summed E-state index contributed by atoms with van der Waals surface area (Å²) in [4.78, 5) is 1.28. The highest BCUT2D eigenvalue weighted by molar-refractivity contribution is 8.14. The molecule has 0 atom stereocenters. The summed E-state index contributed by atoms with van der Waals surface area (Å²) < 4.78 is 0. The summed E-state index contributed by atoms with van der Waals surface area (Å²) in [6.45, 7) is 2.08. The lowest BCUT2D eigenvalue weighted by Gasteiger charge is -2.01. The molecule has 0 aliphatic heterocycles. The van der Waals surface area contributed by atoms with E-state index in [9.17, 15) is 0 Å². The lowest BCUT2D eigenvalue weighted by Crippen LogP contribution is -2.05. The Kier molecular flexibility index (Phi) is 4.90. The Bertz CT molecular complexity index is 295. The third kappa shape index (κ3) is 4.58. The third-order valence-corrected chi connectivity index (χ3v) is 3.62. The van der Waals surface area contributed by atoms with E-state index in [0.717, 1.165) is 11.5 Å². The molecular formula is C10H14N2S2. The molecule has 1 aromatic carbocycles. The van der Waals surface area contributed by atoms with Gasteiger partial charge in [0.25, 0.3) is 0 Å². The summed E-state index contributed by atoms with van der Waals surface area (Å²) in [5.74, 6) is 1.89. The van der Waals surface area contributed by atoms with Crippen LogP contribution in [0.5, 0.6) is 0 Å². The van der Waals surface area contributed by atoms with Crippen molar-refractivity contribution < 1.29 is 0 Å². The van der Waals surface area contributed by atoms with E-state index in [1.165, 1.54) is 22.2 Å². The van der Waals surface area contributed by atoms with Crippen molar-refractivity contribution in [2.24, 2.45) is 5.73 Å². The van der Waals surface area contributed by atoms with E-state index in [1.807, 2.05) is 0 Å². The maximum atomic E-state index is 7.04. The van der Waals surface area contributed by atoms with Gasteiger partial charge in [0.05, 0.1) is 0 Å². The van der Waals surface area contributed by atoms with Crippen LogP contribution in [0, 0.1) is 12.3 Å². The zero-order chi connectivity index (χ0) is 10.4. The van der Waals surface area contributed by atoms with Crippen LogP contribution in [0.15, 0.2) is 29.2 Å². The van der Waals surface area contributed by atoms with Crippen molar-refractivity contribution in [1.29, 1.82) is 5.41 Å². The van der Waals surface area contributed by atoms with Crippen LogP contribution in [0.25, 0.3) is 0 Å². The number of hydrogen-bond donors (Lipinski definition) is 2. The minimum Gasteiger partial charge on any atom is -0.379 e. The van der Waals surface area contributed by atoms with Gasteiger partial charge in [-0.15, -0.1) is 11.8 Å². The number of hydrogen-bond acceptors (Lipinski definition) is 3. The van der Waals surface area contributed by atoms with Gasteiger partial charge < -0.3 is 5.73 Å². The Morgan fingerprint density at radius 3 is 2.50 bits per heavy atom. The number of rotatable bonds is 4. The zero-order valence-electron chi connectivity index (χ0n) is 8.12. The number of benzene rings is 1. The van der Waals surface area contributed by atoms with Gasteiger partial charge in [0.1, 0.15) is 0 Å². The lowest BCUT2D eigenvalue weighted by atomic mass is 10.2. The standard InChI is InChI=1S/C10H14N2S2/c1-8-2-4-9(5-3-8)13-6-7-14-10(11)12/h2-5H,6-7H2,1H3,(H3,11,12). The van der Waals surface area contributed by atoms with Gasteiger partial charge in [0, 0.05) is 16.4 Å². The first kappa shape index (κ1) is 11.5. The summed E-state index contributed by atoms with van der Waals surface area (Å²) in [5, 5.41) is 7.24. The van der Waals surface area contributed by atoms with Gasteiger partial charge in [0.15, 0.2) is 5.17 Å². The van der Waals surface area contributed by atoms with E-state index in [1.54, 1.807) is 11.8 Å². The van der Waals surface area contributed by atoms with Crippen molar-refractivity contribution in [3.8, 4) is 0 Å². The van der Waals surface area contributed by atoms with Gasteiger partial charge in [0.2, 0.25) is 0 Å². The van der Waals surface area contributed by atoms with Crippen molar-refractivity contribution in [1.82, 2.24) is 0 Å². The van der Waals surface area contributed by atoms with Crippen LogP contribution in [0.2, 0.25) is 0 Å². The fourth-order valence-corrected chi connectivity index (χ4v) is 2.40. The Labute approximate surface area is 93.2 Å². The van der Waals surface area contributed by atoms with E-state index in [2.05, 4.69) is 31.2 Å². The summed E-state index contributed by atoms with van der Waals surface area (Å²) in [7, 11) is 0. The van der Waals surface area contributed by atoms with Gasteiger partial charge in [-0.2, -0.15) is 0 Å². The average Bonchev–Trinajstić information content (AvgIpc) is 2.15. The highest BCUT2D eigenvalue weighted by Gasteiger charge is 1.95. The van der Waals surface area contributed by atoms with Crippen molar-refractivity contribution in [3.05, 3.63) is 29.8 Å². The molecule has 0 heterocycles. The third-order valence-electron chi connectivity index (χ3n) is 1.63. The van der Waals surface area contributed by atoms with Crippen molar-refractivity contribution in [3.63, 3.8) is 0 Å². The van der Waals surface area contributed by atoms with Crippen LogP contribution in [-0.4, -0.2) is 16.7 Å². The maximum Gasteiger partial charge on any atom is 0.151 e. The molecule has 0 saturated carbocycles. The number of aryl methyl sites for hydroxylation is 1. The molecule has 4 heteroatoms. The first-order chi connectivity index (χ1) is 6.68. The van der Waals surface area contributed by atoms with E-state index < -0.39 is 0 Å². The summed E-state index contributed by atoms with van der Waals surface area (Å²) >= 11 is 3.19. The van der Waals surface area contributed by atoms with E-state index in [4.69, 9.17) is 11.1 Å². The minimum atomic E-state index is 0.203. The predicted octanol–water partition coefficient (Wildman–Crippen LogP) is 2.71. The molecule has 0 spiro atoms. The normalized spacial score (nSPS) is 10.1. The minimum absolute atomic E-state index is 0.203. The lowest BCUT2D eigenvalue weighted by molar-refractivity contribution is 1.37. The topological polar surface area (TPSA) is 49.9 Å². The SMILES string of the molecule is Cc1ccc(SCCSC(=N)N)cc1. The Hall–Kier alpha value is -0.610. The Morgan fingerprint density at radius 2 is 1.93 bits per heavy atom. The summed E-state index contributed by atoms with van der Waals surface area (Å²) in [6, 6.07) is 8.47. The molecule has 2 nitrogen and oxygen atoms in total. The predicted molar refractivity (Wildman–Crippen MR) is 66.3 cm³/mol. The molecular weight excluding hydrogens is 212 g/mol. The molecule has 0 aliphatic rings. The van der Waals surface area contributed by atoms with E-state index in [0.29, 0.717) is 0 Å². The zero-order valence-corrected chi connectivity index (χ0v) is 9.75. The molecule has 14 heavy (non-hydrogen) atoms. The Morgan fingerprint density at radius 1 is 1.29 bits per heavy atom. The van der Waals surface area contributed by atoms with Gasteiger partial charge in [-0.1, -0.05) is 29.5 Å². The number of nitrogens with two attached hydrogens (primary N) is 1. The van der Waals surface area contributed by atoms with Crippen LogP contribution in [0.4, 0.5) is 0 Å². The van der Waals surface area contributed by atoms with Gasteiger partial charge in [-0.05, 0) is 19.1 Å². The summed E-state index contributed by atoms with van der Waals surface area (Å²) in [6.07, 6.45) is 0. The molecule has 0 amide bonds. The number of nitrogens with one attached hydrogen (secondary N) is 1. The average molecular weight is 226 g/mol. The van der Waals surface area contributed by atoms with Crippen molar-refractivity contribution in [2.45, 2.75) is 11.8 Å². The molecule has 0 unspecified atom stereocenters. The van der Waals surface area contributed by atoms with Crippen molar-refractivity contribution in [2.75, 3.05) is 11.5 Å². The first-order valence-electron chi connectivity index (χ1n) is 4.35. The molecule has 0 radical (unpaired) electrons. The molecule has 1 aromatic rings. The molecule has 0 bridgehead atoms. The van der Waals surface area contributed by atoms with Crippen LogP contribution in [0.1, 0.15) is 5.56 Å². The highest BCUT2D eigenvalue weighted by atomic mass is 32.2. The monoisotopic (exact) mass is 226 g/mol. The maximum absolute atomic E-state index is 7.04. The van der Waals surface area contributed by atoms with Crippen LogP contribution in [0.3, 0.4) is 0 Å². The van der Waals surface area contributed by atoms with E-state index >= 15 is 0 Å². The fraction of sp³-hybridized carbons (Fsp3) is 0.300. The van der Waals surface area contributed by atoms with E-state index in [-0.39, 0.29) is 5.17 Å². The molecule has 3 N–H and O–H groups in total. The number of amidine groups is 1. The second-order valence-electron chi connectivity index (χ2n) is 2.87. The Balaban J connectivity index is 2.25. The second-order valence-corrected chi connectivity index (χ2v) is 5.18. The molecule has 0 fully saturated rings. The quantitative estimate of drug-likeness (QED) is 0.359. The largest absolute Gasteiger partial charge is 0.379 e. The van der Waals surface area contributed by atoms with Crippen molar-refractivity contribution >= 4 is 28.7 Å². The molecule has 0 aliphatic carbocycles. The molecule has 1 rings (SSSR count). The fourth-order valence-electron chi connectivity index (χ4n) is 0.946. The first-order valence-corrected chi connectivity index (χ1v) is 6.32. The number of thioether (sulfide) groups is 2. The smallest absolute Gasteiger partial charge is 0.151 e. The van der Waals surface area contributed by atoms with Gasteiger partial charge in [-0.3, -0.25) is 5.41 Å². The second kappa shape index (κ2) is 5.98. The molecule has 76 valence electrons. The molecule has 0 aromatic heterocycles. The highest BCUT2D eigenvalue weighted by Crippen LogP contribution is 2.19. The van der Waals surface area contributed by atoms with Gasteiger partial charge in [-0.25, -0.2) is 0 Å². The molecule has 0 saturated heterocycles.